The zero-order valence-electron chi connectivity index (χ0n) is 20.4. The Morgan fingerprint density at radius 3 is 2.03 bits per heavy atom. The Morgan fingerprint density at radius 2 is 1.32 bits per heavy atom. The van der Waals surface area contributed by atoms with E-state index in [0.717, 1.165) is 43.4 Å². The molecule has 0 bridgehead atoms. The predicted molar refractivity (Wildman–Crippen MR) is 150 cm³/mol. The lowest BCUT2D eigenvalue weighted by Gasteiger charge is -2.30. The van der Waals surface area contributed by atoms with Gasteiger partial charge >= 0.3 is 0 Å². The van der Waals surface area contributed by atoms with Gasteiger partial charge in [0.25, 0.3) is 0 Å². The van der Waals surface area contributed by atoms with E-state index in [4.69, 9.17) is 9.47 Å². The highest BCUT2D eigenvalue weighted by Gasteiger charge is 2.75. The largest absolute Gasteiger partial charge is 0.347 e. The van der Waals surface area contributed by atoms with Crippen molar-refractivity contribution in [3.8, 4) is 0 Å². The molecule has 37 heavy (non-hydrogen) atoms. The van der Waals surface area contributed by atoms with Crippen LogP contribution in [0.1, 0.15) is 16.7 Å². The molecule has 1 fully saturated rings. The molecule has 2 unspecified atom stereocenters. The van der Waals surface area contributed by atoms with Crippen LogP contribution in [0.2, 0.25) is 0 Å². The van der Waals surface area contributed by atoms with Crippen LogP contribution >= 0.6 is 7.14 Å². The first-order valence-corrected chi connectivity index (χ1v) is 14.1. The summed E-state index contributed by atoms with van der Waals surface area (Å²) in [4.78, 5) is 0. The third-order valence-corrected chi connectivity index (χ3v) is 10.8. The van der Waals surface area contributed by atoms with Crippen LogP contribution in [0.4, 0.5) is 0 Å². The molecule has 0 spiro atoms. The van der Waals surface area contributed by atoms with Gasteiger partial charge in [-0.1, -0.05) is 121 Å². The summed E-state index contributed by atoms with van der Waals surface area (Å²) in [6, 6.07) is 40.2. The molecule has 180 valence electrons. The van der Waals surface area contributed by atoms with Gasteiger partial charge in [0.15, 0.2) is 12.7 Å². The number of hydrogen-bond donors (Lipinski definition) is 0. The quantitative estimate of drug-likeness (QED) is 0.216. The summed E-state index contributed by atoms with van der Waals surface area (Å²) < 4.78 is 28.5. The van der Waals surface area contributed by atoms with Crippen LogP contribution in [0.15, 0.2) is 127 Å². The van der Waals surface area contributed by atoms with Crippen molar-refractivity contribution in [1.82, 2.24) is 0 Å². The minimum Gasteiger partial charge on any atom is -0.347 e. The summed E-state index contributed by atoms with van der Waals surface area (Å²) in [6.07, 6.45) is 4.06. The summed E-state index contributed by atoms with van der Waals surface area (Å²) in [5.74, 6) is -0.974. The van der Waals surface area contributed by atoms with E-state index in [1.54, 1.807) is 7.11 Å². The lowest BCUT2D eigenvalue weighted by molar-refractivity contribution is 0.0304. The number of rotatable bonds is 5. The molecular weight excluding hydrogens is 475 g/mol. The molecule has 1 saturated heterocycles. The molecule has 1 aliphatic carbocycles. The Labute approximate surface area is 216 Å². The van der Waals surface area contributed by atoms with Gasteiger partial charge in [0, 0.05) is 34.2 Å². The van der Waals surface area contributed by atoms with E-state index >= 15 is 4.57 Å². The topological polar surface area (TPSA) is 38.8 Å². The summed E-state index contributed by atoms with van der Waals surface area (Å²) in [7, 11) is -1.63. The summed E-state index contributed by atoms with van der Waals surface area (Å²) in [5.41, 5.74) is 2.06. The van der Waals surface area contributed by atoms with Crippen LogP contribution in [-0.2, 0) is 19.6 Å². The van der Waals surface area contributed by atoms with E-state index in [9.17, 15) is 0 Å². The molecule has 0 saturated carbocycles. The van der Waals surface area contributed by atoms with Gasteiger partial charge < -0.3 is 14.0 Å². The molecule has 0 radical (unpaired) electrons. The maximum Gasteiger partial charge on any atom is 0.228 e. The van der Waals surface area contributed by atoms with Crippen molar-refractivity contribution in [2.75, 3.05) is 7.11 Å². The number of benzene rings is 5. The maximum absolute atomic E-state index is 15.7. The van der Waals surface area contributed by atoms with Crippen molar-refractivity contribution < 1.29 is 14.0 Å². The minimum atomic E-state index is -3.31. The first-order chi connectivity index (χ1) is 18.1. The highest BCUT2D eigenvalue weighted by atomic mass is 31.2. The van der Waals surface area contributed by atoms with Crippen LogP contribution < -0.4 is 15.9 Å². The lowest BCUT2D eigenvalue weighted by Crippen LogP contribution is -2.36. The summed E-state index contributed by atoms with van der Waals surface area (Å²) in [6.45, 7) is 0. The van der Waals surface area contributed by atoms with E-state index < -0.39 is 18.5 Å². The van der Waals surface area contributed by atoms with Gasteiger partial charge in [-0.25, -0.2) is 0 Å². The lowest BCUT2D eigenvalue weighted by atomic mass is 9.78. The minimum absolute atomic E-state index is 0.771. The fraction of sp³-hybridized carbons (Fsp3) is 0.0909. The zero-order valence-corrected chi connectivity index (χ0v) is 21.3. The molecule has 0 aromatic heterocycles. The first kappa shape index (κ1) is 22.4. The van der Waals surface area contributed by atoms with Crippen molar-refractivity contribution in [1.29, 1.82) is 0 Å². The molecular formula is C33H25O3P. The third kappa shape index (κ3) is 3.00. The van der Waals surface area contributed by atoms with Crippen LogP contribution in [0.25, 0.3) is 16.8 Å². The first-order valence-electron chi connectivity index (χ1n) is 12.4. The van der Waals surface area contributed by atoms with E-state index in [2.05, 4.69) is 36.4 Å². The van der Waals surface area contributed by atoms with Gasteiger partial charge in [0.05, 0.1) is 0 Å². The SMILES string of the molecule is COC12C=Cc3ccccc3C1(c1c(P(=O)(c3ccccc3)c3ccccc3)ccc3ccccc13)O2. The third-order valence-electron chi connectivity index (χ3n) is 7.72. The molecule has 2 aliphatic rings. The molecule has 2 atom stereocenters. The monoisotopic (exact) mass is 500 g/mol. The normalized spacial score (nSPS) is 21.9. The van der Waals surface area contributed by atoms with Crippen molar-refractivity contribution >= 4 is 39.9 Å². The number of methoxy groups -OCH3 is 1. The van der Waals surface area contributed by atoms with Gasteiger partial charge in [-0.2, -0.15) is 0 Å². The van der Waals surface area contributed by atoms with E-state index in [0.29, 0.717) is 0 Å². The number of ether oxygens (including phenoxy) is 2. The summed E-state index contributed by atoms with van der Waals surface area (Å²) in [5, 5.41) is 4.43. The fourth-order valence-electron chi connectivity index (χ4n) is 5.97. The van der Waals surface area contributed by atoms with E-state index in [1.807, 2.05) is 97.1 Å². The van der Waals surface area contributed by atoms with Gasteiger partial charge in [-0.3, -0.25) is 0 Å². The highest BCUT2D eigenvalue weighted by Crippen LogP contribution is 2.66. The van der Waals surface area contributed by atoms with Gasteiger partial charge in [0.2, 0.25) is 5.79 Å². The molecule has 0 N–H and O–H groups in total. The second-order valence-corrected chi connectivity index (χ2v) is 12.3. The second kappa shape index (κ2) is 8.13. The molecule has 5 aromatic rings. The van der Waals surface area contributed by atoms with Crippen molar-refractivity contribution in [3.63, 3.8) is 0 Å². The van der Waals surface area contributed by atoms with Gasteiger partial charge in [-0.15, -0.1) is 0 Å². The van der Waals surface area contributed by atoms with E-state index in [-0.39, 0.29) is 0 Å². The fourth-order valence-corrected chi connectivity index (χ4v) is 8.88. The van der Waals surface area contributed by atoms with Gasteiger partial charge in [0.1, 0.15) is 0 Å². The summed E-state index contributed by atoms with van der Waals surface area (Å²) >= 11 is 0. The predicted octanol–water partition coefficient (Wildman–Crippen LogP) is 6.12. The van der Waals surface area contributed by atoms with Crippen LogP contribution in [0.5, 0.6) is 0 Å². The maximum atomic E-state index is 15.7. The number of hydrogen-bond acceptors (Lipinski definition) is 3. The zero-order chi connectivity index (χ0) is 25.1. The Morgan fingerprint density at radius 1 is 0.703 bits per heavy atom. The molecule has 1 heterocycles. The molecule has 4 heteroatoms. The number of fused-ring (bicyclic) bond motifs is 4. The second-order valence-electron chi connectivity index (χ2n) is 9.54. The standard InChI is InChI=1S/C33H25O3P/c1-35-32-23-22-25-13-9-11-19-29(25)33(32,36-32)31-28-18-10-8-12-24(28)20-21-30(31)37(34,26-14-4-2-5-15-26)27-16-6-3-7-17-27/h2-23H,1H3. The average Bonchev–Trinajstić information content (AvgIpc) is 3.68. The van der Waals surface area contributed by atoms with Crippen LogP contribution in [0, 0.1) is 0 Å². The smallest absolute Gasteiger partial charge is 0.228 e. The Kier molecular flexibility index (Phi) is 4.93. The Balaban J connectivity index is 1.64. The molecule has 3 nitrogen and oxygen atoms in total. The molecule has 0 amide bonds. The van der Waals surface area contributed by atoms with Crippen LogP contribution in [-0.4, -0.2) is 12.9 Å². The van der Waals surface area contributed by atoms with Crippen molar-refractivity contribution in [3.05, 3.63) is 144 Å². The highest BCUT2D eigenvalue weighted by molar-refractivity contribution is 7.85. The molecule has 1 aliphatic heterocycles. The van der Waals surface area contributed by atoms with Crippen molar-refractivity contribution in [2.45, 2.75) is 11.4 Å². The Hall–Kier alpha value is -3.75. The number of epoxide rings is 1. The Bertz CT molecular complexity index is 1680. The molecule has 5 aromatic carbocycles. The van der Waals surface area contributed by atoms with Gasteiger partial charge in [-0.05, 0) is 28.5 Å². The molecule has 7 rings (SSSR count). The van der Waals surface area contributed by atoms with Crippen molar-refractivity contribution in [2.24, 2.45) is 0 Å². The van der Waals surface area contributed by atoms with E-state index in [1.165, 1.54) is 0 Å². The average molecular weight is 501 g/mol. The van der Waals surface area contributed by atoms with Crippen LogP contribution in [0.3, 0.4) is 0 Å².